The zero-order chi connectivity index (χ0) is 14.9. The second kappa shape index (κ2) is 5.32. The third kappa shape index (κ3) is 2.72. The Morgan fingerprint density at radius 3 is 2.75 bits per heavy atom. The van der Waals surface area contributed by atoms with Crippen LogP contribution in [0, 0.1) is 0 Å². The van der Waals surface area contributed by atoms with E-state index in [1.54, 1.807) is 6.92 Å². The van der Waals surface area contributed by atoms with E-state index in [0.29, 0.717) is 19.8 Å². The normalized spacial score (nSPS) is 20.0. The van der Waals surface area contributed by atoms with Crippen molar-refractivity contribution >= 4 is 11.6 Å². The number of halogens is 3. The molecule has 2 N–H and O–H groups in total. The van der Waals surface area contributed by atoms with Gasteiger partial charge < -0.3 is 15.4 Å². The molecule has 0 aromatic heterocycles. The number of hydrogen-bond donors (Lipinski definition) is 1. The number of carbonyl (C=O) groups excluding carboxylic acids is 1. The number of nitrogens with two attached hydrogens (primary N) is 1. The third-order valence-electron chi connectivity index (χ3n) is 3.27. The Kier molecular flexibility index (Phi) is 3.89. The smallest absolute Gasteiger partial charge is 0.398 e. The van der Waals surface area contributed by atoms with Gasteiger partial charge in [0.15, 0.2) is 0 Å². The highest BCUT2D eigenvalue weighted by atomic mass is 19.4. The summed E-state index contributed by atoms with van der Waals surface area (Å²) in [4.78, 5) is 13.8. The molecule has 0 spiro atoms. The molecule has 4 nitrogen and oxygen atoms in total. The lowest BCUT2D eigenvalue weighted by Gasteiger charge is -2.33. The number of alkyl halides is 3. The maximum absolute atomic E-state index is 12.8. The predicted molar refractivity (Wildman–Crippen MR) is 67.2 cm³/mol. The van der Waals surface area contributed by atoms with Crippen LogP contribution in [0.3, 0.4) is 0 Å². The summed E-state index contributed by atoms with van der Waals surface area (Å²) in [6.45, 7) is 2.86. The molecule has 110 valence electrons. The number of nitrogens with zero attached hydrogens (tertiary/aromatic N) is 1. The number of benzene rings is 1. The molecule has 1 saturated heterocycles. The summed E-state index contributed by atoms with van der Waals surface area (Å²) >= 11 is 0. The number of morpholine rings is 1. The molecule has 1 heterocycles. The number of nitrogen functional groups attached to an aromatic ring is 1. The lowest BCUT2D eigenvalue weighted by Crippen LogP contribution is -2.47. The Labute approximate surface area is 114 Å². The van der Waals surface area contributed by atoms with Crippen LogP contribution in [0.1, 0.15) is 22.8 Å². The summed E-state index contributed by atoms with van der Waals surface area (Å²) in [7, 11) is 0. The van der Waals surface area contributed by atoms with E-state index < -0.39 is 23.3 Å². The van der Waals surface area contributed by atoms with Crippen molar-refractivity contribution in [2.75, 3.05) is 25.5 Å². The van der Waals surface area contributed by atoms with Crippen molar-refractivity contribution in [1.29, 1.82) is 0 Å². The first kappa shape index (κ1) is 14.6. The van der Waals surface area contributed by atoms with E-state index in [0.717, 1.165) is 6.07 Å². The van der Waals surface area contributed by atoms with Crippen molar-refractivity contribution < 1.29 is 22.7 Å². The predicted octanol–water partition coefficient (Wildman–Crippen LogP) is 2.15. The second-order valence-corrected chi connectivity index (χ2v) is 4.69. The SMILES string of the molecule is CC1COCCN1C(=O)c1cccc(C(F)(F)F)c1N. The van der Waals surface area contributed by atoms with Gasteiger partial charge in [-0.05, 0) is 19.1 Å². The highest BCUT2D eigenvalue weighted by Crippen LogP contribution is 2.35. The van der Waals surface area contributed by atoms with Crippen LogP contribution in [0.5, 0.6) is 0 Å². The molecular formula is C13H15F3N2O2. The van der Waals surface area contributed by atoms with Gasteiger partial charge in [0, 0.05) is 6.54 Å². The molecule has 2 rings (SSSR count). The largest absolute Gasteiger partial charge is 0.418 e. The van der Waals surface area contributed by atoms with Crippen LogP contribution in [0.25, 0.3) is 0 Å². The minimum Gasteiger partial charge on any atom is -0.398 e. The van der Waals surface area contributed by atoms with Gasteiger partial charge >= 0.3 is 6.18 Å². The van der Waals surface area contributed by atoms with Gasteiger partial charge in [0.05, 0.1) is 36.1 Å². The third-order valence-corrected chi connectivity index (χ3v) is 3.27. The van der Waals surface area contributed by atoms with Gasteiger partial charge in [-0.25, -0.2) is 0 Å². The lowest BCUT2D eigenvalue weighted by molar-refractivity contribution is -0.136. The highest BCUT2D eigenvalue weighted by molar-refractivity contribution is 6.00. The molecule has 1 aromatic carbocycles. The van der Waals surface area contributed by atoms with E-state index in [1.807, 2.05) is 0 Å². The van der Waals surface area contributed by atoms with Gasteiger partial charge in [-0.15, -0.1) is 0 Å². The van der Waals surface area contributed by atoms with E-state index in [2.05, 4.69) is 0 Å². The van der Waals surface area contributed by atoms with Crippen molar-refractivity contribution in [3.63, 3.8) is 0 Å². The van der Waals surface area contributed by atoms with Gasteiger partial charge in [-0.2, -0.15) is 13.2 Å². The maximum Gasteiger partial charge on any atom is 0.418 e. The van der Waals surface area contributed by atoms with Crippen molar-refractivity contribution in [3.8, 4) is 0 Å². The van der Waals surface area contributed by atoms with Crippen molar-refractivity contribution in [2.24, 2.45) is 0 Å². The molecular weight excluding hydrogens is 273 g/mol. The van der Waals surface area contributed by atoms with Crippen molar-refractivity contribution in [1.82, 2.24) is 4.90 Å². The van der Waals surface area contributed by atoms with Crippen molar-refractivity contribution in [3.05, 3.63) is 29.3 Å². The van der Waals surface area contributed by atoms with Crippen LogP contribution in [0.4, 0.5) is 18.9 Å². The number of carbonyl (C=O) groups is 1. The molecule has 1 atom stereocenters. The number of para-hydroxylation sites is 1. The molecule has 20 heavy (non-hydrogen) atoms. The molecule has 1 fully saturated rings. The van der Waals surface area contributed by atoms with E-state index >= 15 is 0 Å². The average molecular weight is 288 g/mol. The molecule has 1 aromatic rings. The molecule has 7 heteroatoms. The van der Waals surface area contributed by atoms with E-state index in [4.69, 9.17) is 10.5 Å². The van der Waals surface area contributed by atoms with Crippen LogP contribution in [0.2, 0.25) is 0 Å². The standard InChI is InChI=1S/C13H15F3N2O2/c1-8-7-20-6-5-18(8)12(19)9-3-2-4-10(11(9)17)13(14,15)16/h2-4,8H,5-7,17H2,1H3. The zero-order valence-corrected chi connectivity index (χ0v) is 10.9. The van der Waals surface area contributed by atoms with E-state index in [-0.39, 0.29) is 11.6 Å². The van der Waals surface area contributed by atoms with Crippen LogP contribution in [0.15, 0.2) is 18.2 Å². The van der Waals surface area contributed by atoms with Crippen LogP contribution >= 0.6 is 0 Å². The van der Waals surface area contributed by atoms with Gasteiger partial charge in [0.1, 0.15) is 0 Å². The van der Waals surface area contributed by atoms with Gasteiger partial charge in [-0.3, -0.25) is 4.79 Å². The summed E-state index contributed by atoms with van der Waals surface area (Å²) in [5.41, 5.74) is 3.90. The second-order valence-electron chi connectivity index (χ2n) is 4.69. The summed E-state index contributed by atoms with van der Waals surface area (Å²) in [5.74, 6) is -0.496. The molecule has 1 unspecified atom stereocenters. The number of anilines is 1. The van der Waals surface area contributed by atoms with Crippen LogP contribution in [-0.2, 0) is 10.9 Å². The van der Waals surface area contributed by atoms with E-state index in [9.17, 15) is 18.0 Å². The Morgan fingerprint density at radius 2 is 2.15 bits per heavy atom. The molecule has 0 aliphatic carbocycles. The fourth-order valence-corrected chi connectivity index (χ4v) is 2.18. The zero-order valence-electron chi connectivity index (χ0n) is 10.9. The minimum atomic E-state index is -4.57. The Hall–Kier alpha value is -1.76. The Morgan fingerprint density at radius 1 is 1.45 bits per heavy atom. The first-order valence-electron chi connectivity index (χ1n) is 6.16. The molecule has 0 bridgehead atoms. The summed E-state index contributed by atoms with van der Waals surface area (Å²) in [6, 6.07) is 3.19. The minimum absolute atomic E-state index is 0.117. The quantitative estimate of drug-likeness (QED) is 0.806. The molecule has 1 aliphatic heterocycles. The number of rotatable bonds is 1. The first-order chi connectivity index (χ1) is 9.32. The Bertz CT molecular complexity index is 517. The number of amides is 1. The van der Waals surface area contributed by atoms with E-state index in [1.165, 1.54) is 17.0 Å². The molecule has 0 radical (unpaired) electrons. The monoisotopic (exact) mass is 288 g/mol. The summed E-state index contributed by atoms with van der Waals surface area (Å²) in [5, 5.41) is 0. The number of ether oxygens (including phenoxy) is 1. The Balaban J connectivity index is 2.35. The van der Waals surface area contributed by atoms with Crippen LogP contribution in [-0.4, -0.2) is 36.6 Å². The highest BCUT2D eigenvalue weighted by Gasteiger charge is 2.35. The van der Waals surface area contributed by atoms with Gasteiger partial charge in [0.2, 0.25) is 0 Å². The molecule has 1 aliphatic rings. The lowest BCUT2D eigenvalue weighted by atomic mass is 10.0. The molecule has 1 amide bonds. The summed E-state index contributed by atoms with van der Waals surface area (Å²) < 4.78 is 43.6. The van der Waals surface area contributed by atoms with Crippen molar-refractivity contribution in [2.45, 2.75) is 19.1 Å². The fourth-order valence-electron chi connectivity index (χ4n) is 2.18. The van der Waals surface area contributed by atoms with Gasteiger partial charge in [0.25, 0.3) is 5.91 Å². The molecule has 0 saturated carbocycles. The topological polar surface area (TPSA) is 55.6 Å². The average Bonchev–Trinajstić information content (AvgIpc) is 2.37. The number of hydrogen-bond acceptors (Lipinski definition) is 3. The maximum atomic E-state index is 12.8. The fraction of sp³-hybridized carbons (Fsp3) is 0.462. The van der Waals surface area contributed by atoms with Gasteiger partial charge in [-0.1, -0.05) is 6.07 Å². The first-order valence-corrected chi connectivity index (χ1v) is 6.16. The van der Waals surface area contributed by atoms with Crippen LogP contribution < -0.4 is 5.73 Å². The summed E-state index contributed by atoms with van der Waals surface area (Å²) in [6.07, 6.45) is -4.57.